The molecular formula is C13H16Cl2N2O3. The molecule has 0 saturated heterocycles. The molecule has 0 aliphatic rings. The lowest BCUT2D eigenvalue weighted by atomic mass is 10.3. The van der Waals surface area contributed by atoms with Crippen molar-refractivity contribution in [3.8, 4) is 5.75 Å². The van der Waals surface area contributed by atoms with Crippen LogP contribution >= 0.6 is 23.2 Å². The van der Waals surface area contributed by atoms with Gasteiger partial charge in [0.25, 0.3) is 5.91 Å². The first kappa shape index (κ1) is 16.6. The highest BCUT2D eigenvalue weighted by atomic mass is 35.5. The number of carbonyl (C=O) groups excluding carboxylic acids is 2. The van der Waals surface area contributed by atoms with Crippen molar-refractivity contribution in [1.82, 2.24) is 10.6 Å². The maximum Gasteiger partial charge on any atom is 0.258 e. The minimum absolute atomic E-state index is 0.0861. The lowest BCUT2D eigenvalue weighted by Gasteiger charge is -2.08. The van der Waals surface area contributed by atoms with Crippen molar-refractivity contribution in [2.45, 2.75) is 6.42 Å². The lowest BCUT2D eigenvalue weighted by Crippen LogP contribution is -2.36. The fraction of sp³-hybridized carbons (Fsp3) is 0.385. The molecule has 0 atom stereocenters. The van der Waals surface area contributed by atoms with Gasteiger partial charge in [-0.25, -0.2) is 0 Å². The zero-order valence-electron chi connectivity index (χ0n) is 10.8. The second-order valence-electron chi connectivity index (χ2n) is 3.88. The average Bonchev–Trinajstić information content (AvgIpc) is 2.43. The Labute approximate surface area is 127 Å². The van der Waals surface area contributed by atoms with Crippen LogP contribution in [0.1, 0.15) is 6.42 Å². The van der Waals surface area contributed by atoms with Gasteiger partial charge in [-0.1, -0.05) is 11.6 Å². The number of hydrogen-bond acceptors (Lipinski definition) is 3. The highest BCUT2D eigenvalue weighted by Crippen LogP contribution is 2.15. The summed E-state index contributed by atoms with van der Waals surface area (Å²) >= 11 is 11.1. The second-order valence-corrected chi connectivity index (χ2v) is 4.70. The second kappa shape index (κ2) is 9.44. The molecule has 7 heteroatoms. The van der Waals surface area contributed by atoms with Crippen molar-refractivity contribution < 1.29 is 14.3 Å². The summed E-state index contributed by atoms with van der Waals surface area (Å²) in [6, 6.07) is 6.73. The Hall–Kier alpha value is -1.46. The topological polar surface area (TPSA) is 67.4 Å². The number of nitrogens with one attached hydrogen (secondary N) is 2. The van der Waals surface area contributed by atoms with Crippen LogP contribution in [0.5, 0.6) is 5.75 Å². The van der Waals surface area contributed by atoms with Crippen molar-refractivity contribution in [3.05, 3.63) is 29.3 Å². The Morgan fingerprint density at radius 2 is 1.65 bits per heavy atom. The molecule has 1 aromatic carbocycles. The van der Waals surface area contributed by atoms with Gasteiger partial charge in [0.15, 0.2) is 6.61 Å². The van der Waals surface area contributed by atoms with Crippen LogP contribution in [0.4, 0.5) is 0 Å². The Morgan fingerprint density at radius 3 is 2.25 bits per heavy atom. The highest BCUT2D eigenvalue weighted by Gasteiger charge is 2.03. The molecule has 0 aliphatic carbocycles. The quantitative estimate of drug-likeness (QED) is 0.565. The van der Waals surface area contributed by atoms with E-state index in [1.165, 1.54) is 0 Å². The highest BCUT2D eigenvalue weighted by molar-refractivity contribution is 6.30. The van der Waals surface area contributed by atoms with Crippen LogP contribution in [0.15, 0.2) is 24.3 Å². The average molecular weight is 319 g/mol. The smallest absolute Gasteiger partial charge is 0.258 e. The molecule has 0 spiro atoms. The van der Waals surface area contributed by atoms with Gasteiger partial charge in [-0.2, -0.15) is 0 Å². The molecular weight excluding hydrogens is 303 g/mol. The molecule has 0 heterocycles. The number of amides is 2. The molecule has 0 fully saturated rings. The maximum absolute atomic E-state index is 11.5. The molecule has 0 saturated carbocycles. The van der Waals surface area contributed by atoms with Gasteiger partial charge >= 0.3 is 0 Å². The summed E-state index contributed by atoms with van der Waals surface area (Å²) in [5, 5.41) is 5.86. The van der Waals surface area contributed by atoms with Crippen molar-refractivity contribution in [2.75, 3.05) is 25.6 Å². The molecule has 0 unspecified atom stereocenters. The van der Waals surface area contributed by atoms with Crippen molar-refractivity contribution >= 4 is 35.0 Å². The predicted molar refractivity (Wildman–Crippen MR) is 78.3 cm³/mol. The van der Waals surface area contributed by atoms with Crippen LogP contribution < -0.4 is 15.4 Å². The third-order valence-corrected chi connectivity index (χ3v) is 2.72. The molecule has 2 amide bonds. The van der Waals surface area contributed by atoms with E-state index in [2.05, 4.69) is 10.6 Å². The fourth-order valence-electron chi connectivity index (χ4n) is 1.31. The molecule has 0 radical (unpaired) electrons. The summed E-state index contributed by atoms with van der Waals surface area (Å²) in [4.78, 5) is 22.5. The van der Waals surface area contributed by atoms with E-state index in [9.17, 15) is 9.59 Å². The van der Waals surface area contributed by atoms with E-state index in [1.807, 2.05) is 0 Å². The van der Waals surface area contributed by atoms with Gasteiger partial charge in [0.1, 0.15) is 5.75 Å². The summed E-state index contributed by atoms with van der Waals surface area (Å²) in [6.07, 6.45) is 0.273. The molecule has 1 rings (SSSR count). The van der Waals surface area contributed by atoms with Crippen LogP contribution in [0.3, 0.4) is 0 Å². The van der Waals surface area contributed by atoms with E-state index in [4.69, 9.17) is 27.9 Å². The number of ether oxygens (including phenoxy) is 1. The fourth-order valence-corrected chi connectivity index (χ4v) is 1.61. The standard InChI is InChI=1S/C13H16Cl2N2O3/c14-6-5-12(18)16-7-8-17-13(19)9-20-11-3-1-10(15)2-4-11/h1-4H,5-9H2,(H,16,18)(H,17,19). The first-order chi connectivity index (χ1) is 9.61. The van der Waals surface area contributed by atoms with Crippen LogP contribution in [0.2, 0.25) is 5.02 Å². The summed E-state index contributed by atoms with van der Waals surface area (Å²) in [7, 11) is 0. The zero-order valence-corrected chi connectivity index (χ0v) is 12.3. The number of carbonyl (C=O) groups is 2. The Balaban J connectivity index is 2.11. The van der Waals surface area contributed by atoms with Crippen molar-refractivity contribution in [1.29, 1.82) is 0 Å². The maximum atomic E-state index is 11.5. The molecule has 2 N–H and O–H groups in total. The number of hydrogen-bond donors (Lipinski definition) is 2. The summed E-state index contributed by atoms with van der Waals surface area (Å²) in [5.74, 6) is 0.464. The third-order valence-electron chi connectivity index (χ3n) is 2.27. The van der Waals surface area contributed by atoms with E-state index in [-0.39, 0.29) is 30.7 Å². The minimum Gasteiger partial charge on any atom is -0.484 e. The zero-order chi connectivity index (χ0) is 14.8. The normalized spacial score (nSPS) is 9.90. The Morgan fingerprint density at radius 1 is 1.05 bits per heavy atom. The monoisotopic (exact) mass is 318 g/mol. The van der Waals surface area contributed by atoms with E-state index < -0.39 is 0 Å². The van der Waals surface area contributed by atoms with Crippen LogP contribution in [-0.4, -0.2) is 37.4 Å². The molecule has 110 valence electrons. The number of benzene rings is 1. The summed E-state index contributed by atoms with van der Waals surface area (Å²) in [5.41, 5.74) is 0. The van der Waals surface area contributed by atoms with Crippen molar-refractivity contribution in [3.63, 3.8) is 0 Å². The number of halogens is 2. The van der Waals surface area contributed by atoms with Gasteiger partial charge in [-0.3, -0.25) is 9.59 Å². The molecule has 5 nitrogen and oxygen atoms in total. The number of alkyl halides is 1. The van der Waals surface area contributed by atoms with Gasteiger partial charge in [0, 0.05) is 30.4 Å². The van der Waals surface area contributed by atoms with Crippen LogP contribution in [-0.2, 0) is 9.59 Å². The van der Waals surface area contributed by atoms with E-state index in [1.54, 1.807) is 24.3 Å². The first-order valence-electron chi connectivity index (χ1n) is 6.09. The largest absolute Gasteiger partial charge is 0.484 e. The third kappa shape index (κ3) is 7.21. The van der Waals surface area contributed by atoms with Gasteiger partial charge in [0.2, 0.25) is 5.91 Å². The van der Waals surface area contributed by atoms with Crippen LogP contribution in [0, 0.1) is 0 Å². The molecule has 0 bridgehead atoms. The SMILES string of the molecule is O=C(CCCl)NCCNC(=O)COc1ccc(Cl)cc1. The summed E-state index contributed by atoms with van der Waals surface area (Å²) < 4.78 is 5.26. The summed E-state index contributed by atoms with van der Waals surface area (Å²) in [6.45, 7) is 0.622. The van der Waals surface area contributed by atoms with Gasteiger partial charge < -0.3 is 15.4 Å². The Bertz CT molecular complexity index is 438. The molecule has 1 aromatic rings. The van der Waals surface area contributed by atoms with Gasteiger partial charge in [0.05, 0.1) is 0 Å². The van der Waals surface area contributed by atoms with Crippen LogP contribution in [0.25, 0.3) is 0 Å². The Kier molecular flexibility index (Phi) is 7.84. The van der Waals surface area contributed by atoms with E-state index in [0.29, 0.717) is 23.9 Å². The molecule has 20 heavy (non-hydrogen) atoms. The van der Waals surface area contributed by atoms with Gasteiger partial charge in [-0.15, -0.1) is 11.6 Å². The minimum atomic E-state index is -0.258. The molecule has 0 aliphatic heterocycles. The van der Waals surface area contributed by atoms with Crippen molar-refractivity contribution in [2.24, 2.45) is 0 Å². The predicted octanol–water partition coefficient (Wildman–Crippen LogP) is 1.58. The number of rotatable bonds is 8. The van der Waals surface area contributed by atoms with E-state index >= 15 is 0 Å². The first-order valence-corrected chi connectivity index (χ1v) is 7.01. The van der Waals surface area contributed by atoms with Gasteiger partial charge in [-0.05, 0) is 24.3 Å². The molecule has 0 aromatic heterocycles. The van der Waals surface area contributed by atoms with E-state index in [0.717, 1.165) is 0 Å². The lowest BCUT2D eigenvalue weighted by molar-refractivity contribution is -0.124.